The predicted molar refractivity (Wildman–Crippen MR) is 97.9 cm³/mol. The third-order valence-electron chi connectivity index (χ3n) is 7.61. The van der Waals surface area contributed by atoms with Crippen molar-refractivity contribution in [1.82, 2.24) is 9.80 Å². The van der Waals surface area contributed by atoms with Gasteiger partial charge >= 0.3 is 0 Å². The van der Waals surface area contributed by atoms with E-state index in [-0.39, 0.29) is 11.3 Å². The third-order valence-corrected chi connectivity index (χ3v) is 7.61. The molecule has 140 valence electrons. The minimum absolute atomic E-state index is 0.165. The lowest BCUT2D eigenvalue weighted by atomic mass is 9.76. The van der Waals surface area contributed by atoms with Gasteiger partial charge in [-0.05, 0) is 63.2 Å². The Morgan fingerprint density at radius 3 is 2.36 bits per heavy atom. The number of rotatable bonds is 3. The van der Waals surface area contributed by atoms with Gasteiger partial charge < -0.3 is 9.80 Å². The number of amides is 2. The Bertz CT molecular complexity index is 512. The van der Waals surface area contributed by atoms with Crippen molar-refractivity contribution in [2.45, 2.75) is 71.1 Å². The molecular weight excluding hydrogens is 312 g/mol. The van der Waals surface area contributed by atoms with Crippen LogP contribution in [0.1, 0.15) is 71.1 Å². The van der Waals surface area contributed by atoms with Crippen molar-refractivity contribution in [2.24, 2.45) is 23.2 Å². The molecule has 2 heterocycles. The zero-order valence-electron chi connectivity index (χ0n) is 15.8. The van der Waals surface area contributed by atoms with Crippen LogP contribution in [0.25, 0.3) is 0 Å². The van der Waals surface area contributed by atoms with Crippen molar-refractivity contribution >= 4 is 11.8 Å². The van der Waals surface area contributed by atoms with E-state index >= 15 is 0 Å². The normalized spacial score (nSPS) is 32.9. The predicted octanol–water partition coefficient (Wildman–Crippen LogP) is 3.45. The number of hydrogen-bond acceptors (Lipinski definition) is 2. The lowest BCUT2D eigenvalue weighted by molar-refractivity contribution is -0.139. The van der Waals surface area contributed by atoms with Gasteiger partial charge in [-0.15, -0.1) is 0 Å². The summed E-state index contributed by atoms with van der Waals surface area (Å²) in [6, 6.07) is 0. The average molecular weight is 347 g/mol. The van der Waals surface area contributed by atoms with E-state index in [0.29, 0.717) is 11.8 Å². The van der Waals surface area contributed by atoms with E-state index in [4.69, 9.17) is 0 Å². The Kier molecular flexibility index (Phi) is 4.81. The highest BCUT2D eigenvalue weighted by Gasteiger charge is 2.46. The van der Waals surface area contributed by atoms with Gasteiger partial charge in [0.05, 0.1) is 0 Å². The summed E-state index contributed by atoms with van der Waals surface area (Å²) < 4.78 is 0. The van der Waals surface area contributed by atoms with Crippen LogP contribution >= 0.6 is 0 Å². The number of nitrogens with zero attached hydrogens (tertiary/aromatic N) is 2. The highest BCUT2D eigenvalue weighted by atomic mass is 16.2. The van der Waals surface area contributed by atoms with E-state index in [0.717, 1.165) is 70.1 Å². The first-order valence-electron chi connectivity index (χ1n) is 10.6. The van der Waals surface area contributed by atoms with Crippen LogP contribution in [0.15, 0.2) is 0 Å². The van der Waals surface area contributed by atoms with Crippen molar-refractivity contribution in [3.8, 4) is 0 Å². The second-order valence-electron chi connectivity index (χ2n) is 9.53. The van der Waals surface area contributed by atoms with E-state index in [1.807, 2.05) is 0 Å². The number of piperidine rings is 1. The van der Waals surface area contributed by atoms with Crippen LogP contribution in [0.2, 0.25) is 0 Å². The van der Waals surface area contributed by atoms with Gasteiger partial charge in [-0.25, -0.2) is 0 Å². The lowest BCUT2D eigenvalue weighted by Gasteiger charge is -2.41. The fourth-order valence-electron chi connectivity index (χ4n) is 5.44. The average Bonchev–Trinajstić information content (AvgIpc) is 2.87. The van der Waals surface area contributed by atoms with E-state index < -0.39 is 0 Å². The summed E-state index contributed by atoms with van der Waals surface area (Å²) in [7, 11) is 0. The molecule has 4 rings (SSSR count). The molecule has 2 saturated carbocycles. The molecule has 2 saturated heterocycles. The van der Waals surface area contributed by atoms with Crippen molar-refractivity contribution in [2.75, 3.05) is 26.2 Å². The molecule has 4 heteroatoms. The number of hydrogen-bond donors (Lipinski definition) is 0. The Morgan fingerprint density at radius 2 is 1.76 bits per heavy atom. The van der Waals surface area contributed by atoms with Crippen molar-refractivity contribution in [3.05, 3.63) is 0 Å². The number of likely N-dealkylation sites (tertiary alicyclic amines) is 2. The smallest absolute Gasteiger partial charge is 0.225 e. The molecule has 0 aromatic heterocycles. The first-order chi connectivity index (χ1) is 12.0. The summed E-state index contributed by atoms with van der Waals surface area (Å²) in [6.07, 6.45) is 11.3. The van der Waals surface area contributed by atoms with Gasteiger partial charge in [0.1, 0.15) is 0 Å². The maximum absolute atomic E-state index is 12.8. The quantitative estimate of drug-likeness (QED) is 0.785. The minimum atomic E-state index is 0.165. The van der Waals surface area contributed by atoms with Crippen LogP contribution in [0.3, 0.4) is 0 Å². The summed E-state index contributed by atoms with van der Waals surface area (Å²) in [6.45, 7) is 5.98. The largest absolute Gasteiger partial charge is 0.342 e. The lowest BCUT2D eigenvalue weighted by Crippen LogP contribution is -2.47. The van der Waals surface area contributed by atoms with E-state index in [1.54, 1.807) is 0 Å². The topological polar surface area (TPSA) is 40.6 Å². The molecule has 0 unspecified atom stereocenters. The summed E-state index contributed by atoms with van der Waals surface area (Å²) in [4.78, 5) is 29.6. The van der Waals surface area contributed by atoms with Crippen LogP contribution in [-0.2, 0) is 9.59 Å². The van der Waals surface area contributed by atoms with Crippen LogP contribution < -0.4 is 0 Å². The molecule has 4 aliphatic rings. The number of carbonyl (C=O) groups excluding carboxylic acids is 2. The van der Waals surface area contributed by atoms with Crippen molar-refractivity contribution in [3.63, 3.8) is 0 Å². The number of carbonyl (C=O) groups is 2. The molecule has 0 aromatic carbocycles. The van der Waals surface area contributed by atoms with Crippen LogP contribution in [0.5, 0.6) is 0 Å². The molecule has 0 N–H and O–H groups in total. The molecule has 0 bridgehead atoms. The second-order valence-corrected chi connectivity index (χ2v) is 9.53. The zero-order chi connectivity index (χ0) is 17.4. The molecule has 0 radical (unpaired) electrons. The van der Waals surface area contributed by atoms with E-state index in [9.17, 15) is 9.59 Å². The van der Waals surface area contributed by atoms with Gasteiger partial charge in [-0.1, -0.05) is 13.3 Å². The summed E-state index contributed by atoms with van der Waals surface area (Å²) >= 11 is 0. The van der Waals surface area contributed by atoms with Crippen LogP contribution in [0.4, 0.5) is 0 Å². The maximum atomic E-state index is 12.8. The van der Waals surface area contributed by atoms with Crippen molar-refractivity contribution < 1.29 is 9.59 Å². The summed E-state index contributed by atoms with van der Waals surface area (Å²) in [5.41, 5.74) is 0.165. The van der Waals surface area contributed by atoms with Crippen molar-refractivity contribution in [1.29, 1.82) is 0 Å². The van der Waals surface area contributed by atoms with E-state index in [2.05, 4.69) is 16.7 Å². The minimum Gasteiger partial charge on any atom is -0.342 e. The molecular formula is C21H34N2O2. The second kappa shape index (κ2) is 6.92. The molecule has 4 fully saturated rings. The van der Waals surface area contributed by atoms with Gasteiger partial charge in [0.2, 0.25) is 11.8 Å². The maximum Gasteiger partial charge on any atom is 0.225 e. The first-order valence-corrected chi connectivity index (χ1v) is 10.6. The fourth-order valence-corrected chi connectivity index (χ4v) is 5.44. The Morgan fingerprint density at radius 1 is 1.08 bits per heavy atom. The first kappa shape index (κ1) is 17.4. The monoisotopic (exact) mass is 346 g/mol. The Balaban J connectivity index is 1.29. The molecule has 25 heavy (non-hydrogen) atoms. The highest BCUT2D eigenvalue weighted by molar-refractivity contribution is 5.80. The fraction of sp³-hybridized carbons (Fsp3) is 0.905. The van der Waals surface area contributed by atoms with Gasteiger partial charge in [-0.3, -0.25) is 9.59 Å². The van der Waals surface area contributed by atoms with Gasteiger partial charge in [0, 0.05) is 43.9 Å². The zero-order valence-corrected chi connectivity index (χ0v) is 15.8. The highest BCUT2D eigenvalue weighted by Crippen LogP contribution is 2.43. The SMILES string of the molecule is CC1CCC(C(=O)N2CCC3(CC2)CC(=O)N(CC2CCC2)C3)CC1. The molecule has 4 nitrogen and oxygen atoms in total. The van der Waals surface area contributed by atoms with Gasteiger partial charge in [-0.2, -0.15) is 0 Å². The molecule has 2 aliphatic carbocycles. The Hall–Kier alpha value is -1.06. The molecule has 2 aliphatic heterocycles. The molecule has 2 amide bonds. The standard InChI is InChI=1S/C21H34N2O2/c1-16-5-7-18(8-6-16)20(25)22-11-9-21(10-12-22)13-19(24)23(15-21)14-17-3-2-4-17/h16-18H,2-15H2,1H3. The van der Waals surface area contributed by atoms with Gasteiger partial charge in [0.15, 0.2) is 0 Å². The molecule has 0 atom stereocenters. The summed E-state index contributed by atoms with van der Waals surface area (Å²) in [5, 5.41) is 0. The Labute approximate surface area is 152 Å². The van der Waals surface area contributed by atoms with Crippen LogP contribution in [-0.4, -0.2) is 47.8 Å². The van der Waals surface area contributed by atoms with Gasteiger partial charge in [0.25, 0.3) is 0 Å². The molecule has 0 aromatic rings. The third kappa shape index (κ3) is 3.59. The van der Waals surface area contributed by atoms with E-state index in [1.165, 1.54) is 32.1 Å². The van der Waals surface area contributed by atoms with Crippen LogP contribution in [0, 0.1) is 23.2 Å². The molecule has 1 spiro atoms. The summed E-state index contributed by atoms with van der Waals surface area (Å²) in [5.74, 6) is 2.59.